The molecule has 5 aliphatic rings. The Balaban J connectivity index is 1.76. The first kappa shape index (κ1) is 21.2. The molecule has 0 bridgehead atoms. The van der Waals surface area contributed by atoms with Crippen molar-refractivity contribution in [1.29, 1.82) is 0 Å². The van der Waals surface area contributed by atoms with Crippen molar-refractivity contribution in [3.8, 4) is 0 Å². The highest BCUT2D eigenvalue weighted by Gasteiger charge is 2.68. The van der Waals surface area contributed by atoms with E-state index in [9.17, 15) is 19.8 Å². The van der Waals surface area contributed by atoms with Crippen molar-refractivity contribution in [1.82, 2.24) is 0 Å². The first-order chi connectivity index (χ1) is 14.0. The second-order valence-electron chi connectivity index (χ2n) is 12.5. The van der Waals surface area contributed by atoms with Crippen molar-refractivity contribution in [2.45, 2.75) is 97.4 Å². The van der Waals surface area contributed by atoms with Gasteiger partial charge in [-0.2, -0.15) is 0 Å². The number of hydrogen-bond donors (Lipinski definition) is 2. The second kappa shape index (κ2) is 5.61. The van der Waals surface area contributed by atoms with Crippen molar-refractivity contribution < 1.29 is 34.0 Å². The maximum absolute atomic E-state index is 13.4. The van der Waals surface area contributed by atoms with Gasteiger partial charge < -0.3 is 24.4 Å². The summed E-state index contributed by atoms with van der Waals surface area (Å²) in [4.78, 5) is 26.8. The van der Waals surface area contributed by atoms with Crippen molar-refractivity contribution in [3.05, 3.63) is 22.7 Å². The molecule has 2 aliphatic heterocycles. The van der Waals surface area contributed by atoms with Gasteiger partial charge in [0, 0.05) is 38.5 Å². The molecule has 1 spiro atoms. The lowest BCUT2D eigenvalue weighted by Gasteiger charge is -2.45. The molecule has 2 N–H and O–H groups in total. The lowest BCUT2D eigenvalue weighted by atomic mass is 9.69. The number of allylic oxidation sites excluding steroid dienone is 2. The third-order valence-electron chi connectivity index (χ3n) is 7.19. The Morgan fingerprint density at radius 1 is 0.645 bits per heavy atom. The summed E-state index contributed by atoms with van der Waals surface area (Å²) in [5.74, 6) is -5.86. The predicted molar refractivity (Wildman–Crippen MR) is 109 cm³/mol. The van der Waals surface area contributed by atoms with E-state index in [1.54, 1.807) is 0 Å². The molecule has 31 heavy (non-hydrogen) atoms. The lowest BCUT2D eigenvalue weighted by molar-refractivity contribution is -0.300. The minimum absolute atomic E-state index is 0.141. The van der Waals surface area contributed by atoms with E-state index in [2.05, 4.69) is 0 Å². The van der Waals surface area contributed by atoms with Crippen LogP contribution in [0.25, 0.3) is 0 Å². The van der Waals surface area contributed by atoms with Gasteiger partial charge in [0.1, 0.15) is 11.5 Å². The number of carbonyl (C=O) groups is 2. The van der Waals surface area contributed by atoms with Crippen LogP contribution in [0.1, 0.15) is 80.1 Å². The molecule has 3 aliphatic carbocycles. The first-order valence-corrected chi connectivity index (χ1v) is 11.1. The van der Waals surface area contributed by atoms with E-state index < -0.39 is 45.2 Å². The molecule has 0 aromatic rings. The third kappa shape index (κ3) is 2.89. The number of ketones is 2. The molecule has 1 saturated heterocycles. The largest absolute Gasteiger partial charge is 0.444 e. The zero-order valence-electron chi connectivity index (χ0n) is 19.2. The molecule has 2 fully saturated rings. The molecule has 7 nitrogen and oxygen atoms in total. The monoisotopic (exact) mass is 432 g/mol. The van der Waals surface area contributed by atoms with Gasteiger partial charge in [-0.05, 0) is 16.2 Å². The van der Waals surface area contributed by atoms with E-state index >= 15 is 0 Å². The van der Waals surface area contributed by atoms with E-state index in [4.69, 9.17) is 14.2 Å². The van der Waals surface area contributed by atoms with Crippen LogP contribution in [0.4, 0.5) is 0 Å². The fourth-order valence-electron chi connectivity index (χ4n) is 6.29. The quantitative estimate of drug-likeness (QED) is 0.567. The highest BCUT2D eigenvalue weighted by Crippen LogP contribution is 2.63. The summed E-state index contributed by atoms with van der Waals surface area (Å²) in [5.41, 5.74) is -0.700. The van der Waals surface area contributed by atoms with Crippen LogP contribution in [0.5, 0.6) is 0 Å². The normalized spacial score (nSPS) is 39.1. The molecule has 0 aromatic carbocycles. The smallest absolute Gasteiger partial charge is 0.373 e. The topological polar surface area (TPSA) is 102 Å². The van der Waals surface area contributed by atoms with Crippen LogP contribution in [0, 0.1) is 16.2 Å². The Labute approximate surface area is 182 Å². The van der Waals surface area contributed by atoms with Gasteiger partial charge in [0.25, 0.3) is 0 Å². The Morgan fingerprint density at radius 2 is 1.03 bits per heavy atom. The average molecular weight is 433 g/mol. The second-order valence-corrected chi connectivity index (χ2v) is 12.5. The molecular weight excluding hydrogens is 400 g/mol. The molecule has 2 atom stereocenters. The average Bonchev–Trinajstić information content (AvgIpc) is 2.64. The van der Waals surface area contributed by atoms with Crippen LogP contribution in [0.2, 0.25) is 0 Å². The summed E-state index contributed by atoms with van der Waals surface area (Å²) in [5, 5.41) is 23.2. The molecule has 170 valence electrons. The third-order valence-corrected chi connectivity index (χ3v) is 7.19. The molecule has 2 heterocycles. The van der Waals surface area contributed by atoms with Crippen LogP contribution < -0.4 is 0 Å². The van der Waals surface area contributed by atoms with Crippen LogP contribution in [-0.2, 0) is 23.8 Å². The summed E-state index contributed by atoms with van der Waals surface area (Å²) >= 11 is 0. The van der Waals surface area contributed by atoms with Crippen molar-refractivity contribution in [2.75, 3.05) is 0 Å². The Kier molecular flexibility index (Phi) is 3.83. The number of carbonyl (C=O) groups excluding carboxylic acids is 2. The predicted octanol–water partition coefficient (Wildman–Crippen LogP) is 3.24. The lowest BCUT2D eigenvalue weighted by Crippen LogP contribution is -2.57. The van der Waals surface area contributed by atoms with Crippen LogP contribution >= 0.6 is 0 Å². The van der Waals surface area contributed by atoms with E-state index in [0.29, 0.717) is 35.5 Å². The van der Waals surface area contributed by atoms with E-state index in [1.165, 1.54) is 0 Å². The van der Waals surface area contributed by atoms with Gasteiger partial charge in [0.15, 0.2) is 11.6 Å². The molecule has 1 saturated carbocycles. The van der Waals surface area contributed by atoms with Gasteiger partial charge in [0.2, 0.25) is 11.6 Å². The fourth-order valence-corrected chi connectivity index (χ4v) is 6.29. The van der Waals surface area contributed by atoms with Gasteiger partial charge in [-0.3, -0.25) is 9.59 Å². The highest BCUT2D eigenvalue weighted by molar-refractivity contribution is 6.11. The van der Waals surface area contributed by atoms with E-state index in [0.717, 1.165) is 0 Å². The van der Waals surface area contributed by atoms with Gasteiger partial charge in [-0.15, -0.1) is 0 Å². The van der Waals surface area contributed by atoms with Gasteiger partial charge in [0.05, 0.1) is 11.1 Å². The first-order valence-electron chi connectivity index (χ1n) is 11.1. The molecule has 7 heteroatoms. The summed E-state index contributed by atoms with van der Waals surface area (Å²) in [6, 6.07) is 0. The van der Waals surface area contributed by atoms with E-state index in [-0.39, 0.29) is 25.7 Å². The summed E-state index contributed by atoms with van der Waals surface area (Å²) in [7, 11) is 0. The zero-order valence-corrected chi connectivity index (χ0v) is 19.2. The summed E-state index contributed by atoms with van der Waals surface area (Å²) in [6.07, 6.45) is 1.56. The van der Waals surface area contributed by atoms with Crippen molar-refractivity contribution >= 4 is 11.6 Å². The van der Waals surface area contributed by atoms with Gasteiger partial charge in [-0.25, -0.2) is 0 Å². The SMILES string of the molecule is CC1(C)CC(=O)C2(OC3=C4C5=C(CC(C)(C)C[C@]5(O)O[C@]4(O)CC(C)(C)C3)O2)C(=O)C1. The Morgan fingerprint density at radius 3 is 1.42 bits per heavy atom. The van der Waals surface area contributed by atoms with Crippen LogP contribution in [-0.4, -0.2) is 39.1 Å². The molecular formula is C24H32O7. The number of hydrogen-bond acceptors (Lipinski definition) is 7. The Bertz CT molecular complexity index is 906. The minimum Gasteiger partial charge on any atom is -0.444 e. The van der Waals surface area contributed by atoms with Crippen molar-refractivity contribution in [2.24, 2.45) is 16.2 Å². The molecule has 0 aromatic heterocycles. The number of rotatable bonds is 0. The van der Waals surface area contributed by atoms with Crippen LogP contribution in [0.15, 0.2) is 22.7 Å². The summed E-state index contributed by atoms with van der Waals surface area (Å²) < 4.78 is 18.4. The van der Waals surface area contributed by atoms with Crippen LogP contribution in [0.3, 0.4) is 0 Å². The molecule has 0 amide bonds. The number of aliphatic hydroxyl groups is 2. The molecule has 0 unspecified atom stereocenters. The van der Waals surface area contributed by atoms with Gasteiger partial charge in [-0.1, -0.05) is 41.5 Å². The minimum atomic E-state index is -2.08. The maximum atomic E-state index is 13.4. The number of Topliss-reactive ketones (excluding diaryl/α,β-unsaturated/α-hetero) is 2. The Hall–Kier alpha value is -1.70. The summed E-state index contributed by atoms with van der Waals surface area (Å²) in [6.45, 7) is 11.6. The zero-order chi connectivity index (χ0) is 22.8. The van der Waals surface area contributed by atoms with Gasteiger partial charge >= 0.3 is 5.79 Å². The molecule has 5 rings (SSSR count). The fraction of sp³-hybridized carbons (Fsp3) is 0.750. The van der Waals surface area contributed by atoms with E-state index in [1.807, 2.05) is 41.5 Å². The van der Waals surface area contributed by atoms with Crippen molar-refractivity contribution in [3.63, 3.8) is 0 Å². The number of ether oxygens (including phenoxy) is 3. The molecule has 0 radical (unpaired) electrons. The highest BCUT2D eigenvalue weighted by atomic mass is 16.7. The standard InChI is InChI=1S/C24H32O7/c1-19(2)9-15(25)24(16(26)10-19)29-13-7-20(3,4)11-22(27)17(13)18-14(30-24)8-21(5,6)12-23(18,28)31-22/h27-28H,7-12H2,1-6H3/t22-,23+. The maximum Gasteiger partial charge on any atom is 0.373 e.